The number of fused-ring (bicyclic) bond motifs is 1. The highest BCUT2D eigenvalue weighted by Gasteiger charge is 2.35. The molecule has 1 saturated carbocycles. The van der Waals surface area contributed by atoms with Gasteiger partial charge in [0.15, 0.2) is 0 Å². The van der Waals surface area contributed by atoms with E-state index in [0.717, 1.165) is 5.56 Å². The normalized spacial score (nSPS) is 17.4. The van der Waals surface area contributed by atoms with Crippen LogP contribution in [0.15, 0.2) is 60.8 Å². The number of aliphatic carboxylic acids is 1. The molecule has 0 aliphatic heterocycles. The van der Waals surface area contributed by atoms with Crippen LogP contribution < -0.4 is 5.32 Å². The number of carbonyl (C=O) groups excluding carboxylic acids is 1. The fraction of sp³-hybridized carbons (Fsp3) is 0.192. The maximum absolute atomic E-state index is 14.7. The van der Waals surface area contributed by atoms with Gasteiger partial charge in [-0.25, -0.2) is 9.37 Å². The van der Waals surface area contributed by atoms with Crippen LogP contribution in [0.5, 0.6) is 0 Å². The molecule has 2 aromatic heterocycles. The second kappa shape index (κ2) is 8.57. The van der Waals surface area contributed by atoms with Gasteiger partial charge in [0.1, 0.15) is 22.3 Å². The van der Waals surface area contributed by atoms with E-state index in [1.54, 1.807) is 28.8 Å². The number of amides is 1. The number of nitrogens with one attached hydrogen (secondary N) is 1. The third kappa shape index (κ3) is 3.92. The first-order valence-corrected chi connectivity index (χ1v) is 11.3. The predicted molar refractivity (Wildman–Crippen MR) is 127 cm³/mol. The fourth-order valence-electron chi connectivity index (χ4n) is 4.30. The largest absolute Gasteiger partial charge is 0.481 e. The van der Waals surface area contributed by atoms with Crippen LogP contribution in [0.1, 0.15) is 28.8 Å². The van der Waals surface area contributed by atoms with Crippen LogP contribution in [0.4, 0.5) is 4.39 Å². The molecule has 0 spiro atoms. The van der Waals surface area contributed by atoms with Gasteiger partial charge >= 0.3 is 5.97 Å². The molecule has 2 heterocycles. The van der Waals surface area contributed by atoms with Gasteiger partial charge in [-0.15, -0.1) is 0 Å². The summed E-state index contributed by atoms with van der Waals surface area (Å²) in [5, 5.41) is 12.2. The Kier molecular flexibility index (Phi) is 5.57. The molecule has 0 atom stereocenters. The number of hydrogen-bond acceptors (Lipinski definition) is 3. The number of rotatable bonds is 5. The molecule has 1 fully saturated rings. The number of carbonyl (C=O) groups is 2. The number of carboxylic acid groups (broad SMARTS) is 1. The van der Waals surface area contributed by atoms with Gasteiger partial charge in [-0.3, -0.25) is 14.0 Å². The highest BCUT2D eigenvalue weighted by atomic mass is 35.5. The summed E-state index contributed by atoms with van der Waals surface area (Å²) in [4.78, 5) is 28.3. The Labute approximate surface area is 200 Å². The Morgan fingerprint density at radius 3 is 2.53 bits per heavy atom. The van der Waals surface area contributed by atoms with Crippen LogP contribution >= 0.6 is 11.6 Å². The highest BCUT2D eigenvalue weighted by Crippen LogP contribution is 2.37. The average Bonchev–Trinajstić information content (AvgIpc) is 3.11. The lowest BCUT2D eigenvalue weighted by atomic mass is 9.80. The fourth-order valence-corrected chi connectivity index (χ4v) is 4.58. The summed E-state index contributed by atoms with van der Waals surface area (Å²) in [5.74, 6) is -1.86. The van der Waals surface area contributed by atoms with Crippen molar-refractivity contribution < 1.29 is 19.1 Å². The Hall–Kier alpha value is -3.71. The third-order valence-electron chi connectivity index (χ3n) is 6.25. The predicted octanol–water partition coefficient (Wildman–Crippen LogP) is 5.36. The first-order valence-electron chi connectivity index (χ1n) is 10.9. The Morgan fingerprint density at radius 2 is 1.82 bits per heavy atom. The van der Waals surface area contributed by atoms with Crippen LogP contribution in [0.2, 0.25) is 5.15 Å². The number of benzene rings is 2. The van der Waals surface area contributed by atoms with E-state index in [2.05, 4.69) is 10.3 Å². The van der Waals surface area contributed by atoms with Crippen molar-refractivity contribution in [2.75, 3.05) is 0 Å². The third-order valence-corrected chi connectivity index (χ3v) is 6.61. The van der Waals surface area contributed by atoms with Crippen molar-refractivity contribution in [3.8, 4) is 22.4 Å². The van der Waals surface area contributed by atoms with Crippen LogP contribution in [0.25, 0.3) is 28.0 Å². The van der Waals surface area contributed by atoms with Gasteiger partial charge in [0.25, 0.3) is 5.91 Å². The molecule has 172 valence electrons. The summed E-state index contributed by atoms with van der Waals surface area (Å²) in [6.45, 7) is 1.83. The number of carboxylic acids is 1. The van der Waals surface area contributed by atoms with E-state index in [-0.39, 0.29) is 17.8 Å². The molecule has 6 nitrogen and oxygen atoms in total. The SMILES string of the molecule is Cc1ccc(-c2ccccc2-c2nc3cc(C(=O)NC4CC(C(=O)O)C4)ccn3c2Cl)c(F)c1. The van der Waals surface area contributed by atoms with E-state index in [4.69, 9.17) is 16.7 Å². The lowest BCUT2D eigenvalue weighted by Crippen LogP contribution is -2.46. The second-order valence-electron chi connectivity index (χ2n) is 8.60. The molecule has 8 heteroatoms. The molecule has 2 aromatic carbocycles. The molecule has 5 rings (SSSR count). The van der Waals surface area contributed by atoms with Crippen molar-refractivity contribution in [1.82, 2.24) is 14.7 Å². The molecule has 0 unspecified atom stereocenters. The quantitative estimate of drug-likeness (QED) is 0.405. The van der Waals surface area contributed by atoms with Gasteiger partial charge < -0.3 is 10.4 Å². The Balaban J connectivity index is 1.48. The summed E-state index contributed by atoms with van der Waals surface area (Å²) in [6.07, 6.45) is 2.52. The lowest BCUT2D eigenvalue weighted by Gasteiger charge is -2.32. The maximum Gasteiger partial charge on any atom is 0.306 e. The van der Waals surface area contributed by atoms with Crippen LogP contribution in [0, 0.1) is 18.7 Å². The number of aryl methyl sites for hydroxylation is 1. The first-order chi connectivity index (χ1) is 16.3. The number of hydrogen-bond donors (Lipinski definition) is 2. The molecule has 1 aliphatic rings. The number of halogens is 2. The van der Waals surface area contributed by atoms with Crippen molar-refractivity contribution in [3.05, 3.63) is 82.9 Å². The summed E-state index contributed by atoms with van der Waals surface area (Å²) in [7, 11) is 0. The second-order valence-corrected chi connectivity index (χ2v) is 8.96. The van der Waals surface area contributed by atoms with E-state index >= 15 is 0 Å². The molecule has 0 bridgehead atoms. The van der Waals surface area contributed by atoms with E-state index in [1.165, 1.54) is 6.07 Å². The van der Waals surface area contributed by atoms with Crippen LogP contribution in [0.3, 0.4) is 0 Å². The molecule has 2 N–H and O–H groups in total. The molecule has 1 amide bonds. The molecular weight excluding hydrogens is 457 g/mol. The summed E-state index contributed by atoms with van der Waals surface area (Å²) in [5.41, 5.74) is 3.99. The molecule has 0 saturated heterocycles. The number of aromatic nitrogens is 2. The van der Waals surface area contributed by atoms with Crippen molar-refractivity contribution in [2.45, 2.75) is 25.8 Å². The number of imidazole rings is 1. The molecular formula is C26H21ClFN3O3. The zero-order valence-corrected chi connectivity index (χ0v) is 19.0. The van der Waals surface area contributed by atoms with Crippen LogP contribution in [-0.4, -0.2) is 32.4 Å². The van der Waals surface area contributed by atoms with Gasteiger partial charge in [-0.1, -0.05) is 48.0 Å². The van der Waals surface area contributed by atoms with E-state index in [0.29, 0.717) is 51.6 Å². The van der Waals surface area contributed by atoms with Gasteiger partial charge in [0.05, 0.1) is 5.92 Å². The van der Waals surface area contributed by atoms with E-state index < -0.39 is 11.9 Å². The van der Waals surface area contributed by atoms with Crippen molar-refractivity contribution >= 4 is 29.1 Å². The molecule has 0 radical (unpaired) electrons. The van der Waals surface area contributed by atoms with E-state index in [1.807, 2.05) is 37.3 Å². The van der Waals surface area contributed by atoms with Crippen molar-refractivity contribution in [3.63, 3.8) is 0 Å². The highest BCUT2D eigenvalue weighted by molar-refractivity contribution is 6.32. The number of pyridine rings is 1. The standard InChI is InChI=1S/C26H21ClFN3O3/c1-14-6-7-19(21(28)10-14)18-4-2-3-5-20(18)23-24(27)31-9-8-15(13-22(31)30-23)25(32)29-17-11-16(12-17)26(33)34/h2-10,13,16-17H,11-12H2,1H3,(H,29,32)(H,33,34). The lowest BCUT2D eigenvalue weighted by molar-refractivity contribution is -0.145. The smallest absolute Gasteiger partial charge is 0.306 e. The number of nitrogens with zero attached hydrogens (tertiary/aromatic N) is 2. The first kappa shape index (κ1) is 22.1. The zero-order chi connectivity index (χ0) is 24.0. The van der Waals surface area contributed by atoms with Gasteiger partial charge in [-0.2, -0.15) is 0 Å². The van der Waals surface area contributed by atoms with E-state index in [9.17, 15) is 14.0 Å². The summed E-state index contributed by atoms with van der Waals surface area (Å²) < 4.78 is 16.4. The van der Waals surface area contributed by atoms with Gasteiger partial charge in [-0.05, 0) is 49.1 Å². The maximum atomic E-state index is 14.7. The zero-order valence-electron chi connectivity index (χ0n) is 18.3. The minimum Gasteiger partial charge on any atom is -0.481 e. The Morgan fingerprint density at radius 1 is 1.09 bits per heavy atom. The van der Waals surface area contributed by atoms with Gasteiger partial charge in [0.2, 0.25) is 0 Å². The minimum atomic E-state index is -0.836. The molecule has 34 heavy (non-hydrogen) atoms. The molecule has 4 aromatic rings. The van der Waals surface area contributed by atoms with Gasteiger partial charge in [0, 0.05) is 28.9 Å². The summed E-state index contributed by atoms with van der Waals surface area (Å²) >= 11 is 6.66. The Bertz CT molecular complexity index is 1440. The summed E-state index contributed by atoms with van der Waals surface area (Å²) in [6, 6.07) is 15.5. The molecule has 1 aliphatic carbocycles. The van der Waals surface area contributed by atoms with Crippen molar-refractivity contribution in [1.29, 1.82) is 0 Å². The monoisotopic (exact) mass is 477 g/mol. The average molecular weight is 478 g/mol. The van der Waals surface area contributed by atoms with Crippen molar-refractivity contribution in [2.24, 2.45) is 5.92 Å². The van der Waals surface area contributed by atoms with Crippen LogP contribution in [-0.2, 0) is 4.79 Å². The minimum absolute atomic E-state index is 0.153. The topological polar surface area (TPSA) is 83.7 Å².